The van der Waals surface area contributed by atoms with Crippen molar-refractivity contribution < 1.29 is 14.6 Å². The van der Waals surface area contributed by atoms with Gasteiger partial charge in [0.25, 0.3) is 0 Å². The predicted molar refractivity (Wildman–Crippen MR) is 70.3 cm³/mol. The first-order valence-corrected chi connectivity index (χ1v) is 6.35. The number of amides is 1. The van der Waals surface area contributed by atoms with Gasteiger partial charge in [0.15, 0.2) is 0 Å². The predicted octanol–water partition coefficient (Wildman–Crippen LogP) is 2.59. The van der Waals surface area contributed by atoms with Crippen LogP contribution >= 0.6 is 0 Å². The molecule has 1 fully saturated rings. The molecule has 1 aliphatic heterocycles. The topological polar surface area (TPSA) is 49.8 Å². The molecule has 2 rings (SSSR count). The van der Waals surface area contributed by atoms with Gasteiger partial charge in [-0.3, -0.25) is 4.90 Å². The molecule has 18 heavy (non-hydrogen) atoms. The zero-order valence-electron chi connectivity index (χ0n) is 11.2. The van der Waals surface area contributed by atoms with Crippen LogP contribution in [0.2, 0.25) is 0 Å². The Morgan fingerprint density at radius 2 is 2.00 bits per heavy atom. The third-order valence-electron chi connectivity index (χ3n) is 2.86. The number of hydrogen-bond donors (Lipinski definition) is 1. The maximum absolute atomic E-state index is 11.6. The van der Waals surface area contributed by atoms with Gasteiger partial charge in [-0.05, 0) is 12.5 Å². The molecule has 0 radical (unpaired) electrons. The fourth-order valence-corrected chi connectivity index (χ4v) is 1.86. The van der Waals surface area contributed by atoms with Crippen LogP contribution in [-0.4, -0.2) is 35.4 Å². The van der Waals surface area contributed by atoms with E-state index in [1.165, 1.54) is 0 Å². The average Bonchev–Trinajstić information content (AvgIpc) is 2.82. The number of carbonyl (C=O) groups is 1. The third kappa shape index (κ3) is 3.23. The van der Waals surface area contributed by atoms with Crippen LogP contribution in [0, 0.1) is 0 Å². The van der Waals surface area contributed by atoms with Crippen molar-refractivity contribution in [2.45, 2.75) is 32.9 Å². The molecule has 0 aliphatic carbocycles. The van der Waals surface area contributed by atoms with Gasteiger partial charge in [-0.25, -0.2) is 4.79 Å². The Hall–Kier alpha value is -1.55. The van der Waals surface area contributed by atoms with Crippen molar-refractivity contribution in [3.05, 3.63) is 35.9 Å². The number of carbonyl (C=O) groups excluding carboxylic acids is 1. The van der Waals surface area contributed by atoms with E-state index in [9.17, 15) is 4.79 Å². The van der Waals surface area contributed by atoms with Gasteiger partial charge in [0.1, 0.15) is 6.10 Å². The summed E-state index contributed by atoms with van der Waals surface area (Å²) in [7, 11) is 0. The van der Waals surface area contributed by atoms with Crippen molar-refractivity contribution in [3.8, 4) is 0 Å². The standard InChI is InChI=1S/C12H15NO3.C2H6/c1-9(10-5-3-2-4-6-10)13-7-11(8-14)16-12(13)15;1-2/h2-6,9,11,14H,7-8H2,1H3;1-2H3. The number of aliphatic hydroxyl groups is 1. The second kappa shape index (κ2) is 7.01. The minimum absolute atomic E-state index is 0.0229. The summed E-state index contributed by atoms with van der Waals surface area (Å²) in [5.74, 6) is 0. The van der Waals surface area contributed by atoms with Gasteiger partial charge in [0.05, 0.1) is 19.2 Å². The Balaban J connectivity index is 0.000000771. The monoisotopic (exact) mass is 251 g/mol. The summed E-state index contributed by atoms with van der Waals surface area (Å²) in [6, 6.07) is 9.75. The highest BCUT2D eigenvalue weighted by molar-refractivity contribution is 5.70. The van der Waals surface area contributed by atoms with Crippen LogP contribution in [0.4, 0.5) is 4.79 Å². The van der Waals surface area contributed by atoms with Gasteiger partial charge in [0.2, 0.25) is 0 Å². The van der Waals surface area contributed by atoms with Crippen LogP contribution in [0.3, 0.4) is 0 Å². The summed E-state index contributed by atoms with van der Waals surface area (Å²) in [5, 5.41) is 8.95. The van der Waals surface area contributed by atoms with Crippen molar-refractivity contribution in [1.29, 1.82) is 0 Å². The minimum Gasteiger partial charge on any atom is -0.442 e. The molecular weight excluding hydrogens is 230 g/mol. The molecule has 0 aromatic heterocycles. The molecule has 4 nitrogen and oxygen atoms in total. The van der Waals surface area contributed by atoms with Gasteiger partial charge >= 0.3 is 6.09 Å². The van der Waals surface area contributed by atoms with Crippen LogP contribution in [0.5, 0.6) is 0 Å². The number of nitrogens with zero attached hydrogens (tertiary/aromatic N) is 1. The van der Waals surface area contributed by atoms with Crippen LogP contribution < -0.4 is 0 Å². The first-order valence-electron chi connectivity index (χ1n) is 6.35. The second-order valence-corrected chi connectivity index (χ2v) is 3.93. The first kappa shape index (κ1) is 14.5. The van der Waals surface area contributed by atoms with E-state index in [-0.39, 0.29) is 18.7 Å². The normalized spacial score (nSPS) is 19.9. The lowest BCUT2D eigenvalue weighted by atomic mass is 10.1. The van der Waals surface area contributed by atoms with E-state index in [0.29, 0.717) is 6.54 Å². The summed E-state index contributed by atoms with van der Waals surface area (Å²) in [6.45, 7) is 6.28. The lowest BCUT2D eigenvalue weighted by Gasteiger charge is -2.22. The number of aliphatic hydroxyl groups excluding tert-OH is 1. The Morgan fingerprint density at radius 1 is 1.39 bits per heavy atom. The van der Waals surface area contributed by atoms with E-state index >= 15 is 0 Å². The average molecular weight is 251 g/mol. The Morgan fingerprint density at radius 3 is 2.50 bits per heavy atom. The molecule has 0 saturated carbocycles. The summed E-state index contributed by atoms with van der Waals surface area (Å²) in [4.78, 5) is 13.2. The van der Waals surface area contributed by atoms with Crippen LogP contribution in [0.25, 0.3) is 0 Å². The number of rotatable bonds is 3. The van der Waals surface area contributed by atoms with E-state index < -0.39 is 6.10 Å². The first-order chi connectivity index (χ1) is 8.72. The summed E-state index contributed by atoms with van der Waals surface area (Å²) < 4.78 is 5.00. The van der Waals surface area contributed by atoms with Gasteiger partial charge in [0, 0.05) is 0 Å². The second-order valence-electron chi connectivity index (χ2n) is 3.93. The van der Waals surface area contributed by atoms with Gasteiger partial charge in [-0.1, -0.05) is 44.2 Å². The molecule has 1 aromatic carbocycles. The van der Waals surface area contributed by atoms with E-state index in [0.717, 1.165) is 5.56 Å². The zero-order valence-corrected chi connectivity index (χ0v) is 11.2. The maximum atomic E-state index is 11.6. The highest BCUT2D eigenvalue weighted by atomic mass is 16.6. The third-order valence-corrected chi connectivity index (χ3v) is 2.86. The van der Waals surface area contributed by atoms with E-state index in [1.807, 2.05) is 51.1 Å². The van der Waals surface area contributed by atoms with Crippen molar-refractivity contribution in [1.82, 2.24) is 4.90 Å². The maximum Gasteiger partial charge on any atom is 0.410 e. The lowest BCUT2D eigenvalue weighted by molar-refractivity contribution is 0.0941. The number of cyclic esters (lactones) is 1. The van der Waals surface area contributed by atoms with Crippen LogP contribution in [-0.2, 0) is 4.74 Å². The van der Waals surface area contributed by atoms with E-state index in [2.05, 4.69) is 0 Å². The smallest absolute Gasteiger partial charge is 0.410 e. The molecule has 1 N–H and O–H groups in total. The van der Waals surface area contributed by atoms with Crippen molar-refractivity contribution in [3.63, 3.8) is 0 Å². The number of ether oxygens (including phenoxy) is 1. The Bertz CT molecular complexity index is 367. The van der Waals surface area contributed by atoms with Gasteiger partial charge < -0.3 is 9.84 Å². The molecule has 0 spiro atoms. The van der Waals surface area contributed by atoms with Crippen LogP contribution in [0.15, 0.2) is 30.3 Å². The van der Waals surface area contributed by atoms with E-state index in [4.69, 9.17) is 9.84 Å². The van der Waals surface area contributed by atoms with Gasteiger partial charge in [-0.15, -0.1) is 0 Å². The van der Waals surface area contributed by atoms with Crippen molar-refractivity contribution >= 4 is 6.09 Å². The summed E-state index contributed by atoms with van der Waals surface area (Å²) in [6.07, 6.45) is -0.742. The molecule has 1 aliphatic rings. The molecule has 2 atom stereocenters. The Kier molecular flexibility index (Phi) is 5.65. The fraction of sp³-hybridized carbons (Fsp3) is 0.500. The molecule has 1 saturated heterocycles. The highest BCUT2D eigenvalue weighted by Gasteiger charge is 2.34. The largest absolute Gasteiger partial charge is 0.442 e. The van der Waals surface area contributed by atoms with E-state index in [1.54, 1.807) is 4.90 Å². The molecule has 2 unspecified atom stereocenters. The van der Waals surface area contributed by atoms with Crippen LogP contribution in [0.1, 0.15) is 32.4 Å². The molecule has 1 amide bonds. The molecule has 1 aromatic rings. The number of hydrogen-bond acceptors (Lipinski definition) is 3. The molecule has 1 heterocycles. The minimum atomic E-state index is -0.390. The Labute approximate surface area is 108 Å². The lowest BCUT2D eigenvalue weighted by Crippen LogP contribution is -2.28. The zero-order chi connectivity index (χ0) is 13.5. The highest BCUT2D eigenvalue weighted by Crippen LogP contribution is 2.25. The number of benzene rings is 1. The van der Waals surface area contributed by atoms with Crippen molar-refractivity contribution in [2.75, 3.05) is 13.2 Å². The van der Waals surface area contributed by atoms with Gasteiger partial charge in [-0.2, -0.15) is 0 Å². The summed E-state index contributed by atoms with van der Waals surface area (Å²) >= 11 is 0. The molecule has 100 valence electrons. The molecule has 4 heteroatoms. The SMILES string of the molecule is CC.CC(c1ccccc1)N1CC(CO)OC1=O. The molecular formula is C14H21NO3. The molecule has 0 bridgehead atoms. The summed E-state index contributed by atoms with van der Waals surface area (Å²) in [5.41, 5.74) is 1.07. The quantitative estimate of drug-likeness (QED) is 0.898. The van der Waals surface area contributed by atoms with Crippen molar-refractivity contribution in [2.24, 2.45) is 0 Å². The fourth-order valence-electron chi connectivity index (χ4n) is 1.86.